The molecule has 1 aliphatic rings. The molecule has 1 aliphatic heterocycles. The molecule has 0 aliphatic carbocycles. The zero-order valence-electron chi connectivity index (χ0n) is 7.59. The molecule has 2 nitrogen and oxygen atoms in total. The van der Waals surface area contributed by atoms with Gasteiger partial charge in [-0.1, -0.05) is 22.0 Å². The van der Waals surface area contributed by atoms with Gasteiger partial charge in [-0.2, -0.15) is 0 Å². The molecule has 0 radical (unpaired) electrons. The summed E-state index contributed by atoms with van der Waals surface area (Å²) in [5.41, 5.74) is 0.611. The van der Waals surface area contributed by atoms with Crippen LogP contribution in [0, 0.1) is 5.82 Å². The van der Waals surface area contributed by atoms with E-state index >= 15 is 0 Å². The fraction of sp³-hybridized carbons (Fsp3) is 0.400. The van der Waals surface area contributed by atoms with Crippen molar-refractivity contribution in [3.63, 3.8) is 0 Å². The molecule has 1 N–H and O–H groups in total. The molecule has 1 aromatic carbocycles. The van der Waals surface area contributed by atoms with Crippen LogP contribution in [0.1, 0.15) is 11.7 Å². The van der Waals surface area contributed by atoms with Gasteiger partial charge in [-0.05, 0) is 12.1 Å². The Labute approximate surface area is 90.6 Å². The van der Waals surface area contributed by atoms with Crippen molar-refractivity contribution in [2.75, 3.05) is 19.7 Å². The van der Waals surface area contributed by atoms with Gasteiger partial charge in [-0.25, -0.2) is 4.39 Å². The summed E-state index contributed by atoms with van der Waals surface area (Å²) in [5, 5.41) is 3.18. The van der Waals surface area contributed by atoms with Gasteiger partial charge in [-0.3, -0.25) is 0 Å². The molecular formula is C10H11BrFNO. The Morgan fingerprint density at radius 2 is 2.36 bits per heavy atom. The Balaban J connectivity index is 2.29. The maximum atomic E-state index is 13.5. The largest absolute Gasteiger partial charge is 0.371 e. The molecule has 4 heteroatoms. The van der Waals surface area contributed by atoms with Gasteiger partial charge >= 0.3 is 0 Å². The first kappa shape index (κ1) is 10.1. The lowest BCUT2D eigenvalue weighted by Crippen LogP contribution is -2.33. The smallest absolute Gasteiger partial charge is 0.130 e. The molecule has 2 rings (SSSR count). The normalized spacial score (nSPS) is 22.3. The van der Waals surface area contributed by atoms with E-state index in [9.17, 15) is 4.39 Å². The summed E-state index contributed by atoms with van der Waals surface area (Å²) < 4.78 is 19.8. The van der Waals surface area contributed by atoms with Crippen molar-refractivity contribution in [3.05, 3.63) is 34.1 Å². The van der Waals surface area contributed by atoms with E-state index in [0.717, 1.165) is 11.0 Å². The minimum atomic E-state index is -0.215. The lowest BCUT2D eigenvalue weighted by molar-refractivity contribution is 0.0251. The highest BCUT2D eigenvalue weighted by molar-refractivity contribution is 9.10. The molecule has 1 unspecified atom stereocenters. The van der Waals surface area contributed by atoms with Crippen molar-refractivity contribution in [3.8, 4) is 0 Å². The third-order valence-corrected chi connectivity index (χ3v) is 2.94. The van der Waals surface area contributed by atoms with E-state index < -0.39 is 0 Å². The van der Waals surface area contributed by atoms with Crippen LogP contribution in [0.15, 0.2) is 22.7 Å². The molecule has 0 spiro atoms. The first-order valence-electron chi connectivity index (χ1n) is 4.55. The molecule has 0 bridgehead atoms. The molecule has 0 saturated carbocycles. The predicted octanol–water partition coefficient (Wildman–Crippen LogP) is 2.25. The van der Waals surface area contributed by atoms with Crippen LogP contribution in [0.5, 0.6) is 0 Å². The molecule has 0 amide bonds. The van der Waals surface area contributed by atoms with Crippen molar-refractivity contribution in [2.24, 2.45) is 0 Å². The molecule has 1 fully saturated rings. The van der Waals surface area contributed by atoms with Gasteiger partial charge in [-0.15, -0.1) is 0 Å². The Hall–Kier alpha value is -0.450. The number of hydrogen-bond acceptors (Lipinski definition) is 2. The van der Waals surface area contributed by atoms with E-state index in [-0.39, 0.29) is 11.9 Å². The van der Waals surface area contributed by atoms with Crippen molar-refractivity contribution in [2.45, 2.75) is 6.10 Å². The zero-order chi connectivity index (χ0) is 9.97. The number of nitrogens with one attached hydrogen (secondary N) is 1. The highest BCUT2D eigenvalue weighted by Crippen LogP contribution is 2.29. The minimum Gasteiger partial charge on any atom is -0.371 e. The van der Waals surface area contributed by atoms with E-state index in [1.807, 2.05) is 6.07 Å². The Kier molecular flexibility index (Phi) is 3.15. The monoisotopic (exact) mass is 259 g/mol. The molecule has 14 heavy (non-hydrogen) atoms. The van der Waals surface area contributed by atoms with E-state index in [1.165, 1.54) is 6.07 Å². The van der Waals surface area contributed by atoms with Crippen LogP contribution in [0.4, 0.5) is 4.39 Å². The number of hydrogen-bond donors (Lipinski definition) is 1. The van der Waals surface area contributed by atoms with Crippen LogP contribution in [0.2, 0.25) is 0 Å². The summed E-state index contributed by atoms with van der Waals surface area (Å²) in [5.74, 6) is -0.215. The lowest BCUT2D eigenvalue weighted by Gasteiger charge is -2.25. The Morgan fingerprint density at radius 1 is 1.50 bits per heavy atom. The summed E-state index contributed by atoms with van der Waals surface area (Å²) in [6.07, 6.45) is -0.181. The summed E-state index contributed by atoms with van der Waals surface area (Å²) in [7, 11) is 0. The van der Waals surface area contributed by atoms with Crippen LogP contribution in [0.25, 0.3) is 0 Å². The fourth-order valence-electron chi connectivity index (χ4n) is 1.57. The van der Waals surface area contributed by atoms with Gasteiger partial charge in [0.2, 0.25) is 0 Å². The standard InChI is InChI=1S/C10H11BrFNO/c11-7-2-1-3-8(12)10(7)9-6-13-4-5-14-9/h1-3,9,13H,4-6H2. The van der Waals surface area contributed by atoms with Gasteiger partial charge in [0.25, 0.3) is 0 Å². The van der Waals surface area contributed by atoms with Crippen molar-refractivity contribution >= 4 is 15.9 Å². The molecule has 76 valence electrons. The Morgan fingerprint density at radius 3 is 3.00 bits per heavy atom. The van der Waals surface area contributed by atoms with Crippen molar-refractivity contribution < 1.29 is 9.13 Å². The number of benzene rings is 1. The maximum Gasteiger partial charge on any atom is 0.130 e. The fourth-order valence-corrected chi connectivity index (χ4v) is 2.17. The third kappa shape index (κ3) is 1.97. The number of halogens is 2. The van der Waals surface area contributed by atoms with Gasteiger partial charge in [0.1, 0.15) is 5.82 Å². The molecule has 1 atom stereocenters. The van der Waals surface area contributed by atoms with Crippen LogP contribution >= 0.6 is 15.9 Å². The van der Waals surface area contributed by atoms with Gasteiger partial charge in [0.15, 0.2) is 0 Å². The van der Waals surface area contributed by atoms with Crippen LogP contribution in [0.3, 0.4) is 0 Å². The van der Waals surface area contributed by atoms with E-state index in [4.69, 9.17) is 4.74 Å². The second-order valence-electron chi connectivity index (χ2n) is 3.20. The van der Waals surface area contributed by atoms with Gasteiger partial charge in [0.05, 0.1) is 12.7 Å². The average Bonchev–Trinajstić information content (AvgIpc) is 2.19. The SMILES string of the molecule is Fc1cccc(Br)c1C1CNCCO1. The third-order valence-electron chi connectivity index (χ3n) is 2.25. The van der Waals surface area contributed by atoms with Crippen LogP contribution in [-0.4, -0.2) is 19.7 Å². The van der Waals surface area contributed by atoms with E-state index in [0.29, 0.717) is 18.7 Å². The molecule has 1 saturated heterocycles. The van der Waals surface area contributed by atoms with Crippen molar-refractivity contribution in [1.29, 1.82) is 0 Å². The number of morpholine rings is 1. The van der Waals surface area contributed by atoms with E-state index in [1.54, 1.807) is 6.07 Å². The second-order valence-corrected chi connectivity index (χ2v) is 4.05. The van der Waals surface area contributed by atoms with Crippen LogP contribution in [-0.2, 0) is 4.74 Å². The van der Waals surface area contributed by atoms with E-state index in [2.05, 4.69) is 21.2 Å². The van der Waals surface area contributed by atoms with Gasteiger partial charge in [0, 0.05) is 23.1 Å². The second kappa shape index (κ2) is 4.38. The predicted molar refractivity (Wildman–Crippen MR) is 55.7 cm³/mol. The zero-order valence-corrected chi connectivity index (χ0v) is 9.18. The highest BCUT2D eigenvalue weighted by atomic mass is 79.9. The number of ether oxygens (including phenoxy) is 1. The lowest BCUT2D eigenvalue weighted by atomic mass is 10.1. The quantitative estimate of drug-likeness (QED) is 0.836. The first-order chi connectivity index (χ1) is 6.79. The summed E-state index contributed by atoms with van der Waals surface area (Å²) in [4.78, 5) is 0. The summed E-state index contributed by atoms with van der Waals surface area (Å²) >= 11 is 3.33. The molecule has 1 heterocycles. The Bertz CT molecular complexity index is 306. The maximum absolute atomic E-state index is 13.5. The van der Waals surface area contributed by atoms with Gasteiger partial charge < -0.3 is 10.1 Å². The molecule has 1 aromatic rings. The average molecular weight is 260 g/mol. The van der Waals surface area contributed by atoms with Crippen molar-refractivity contribution in [1.82, 2.24) is 5.32 Å². The summed E-state index contributed by atoms with van der Waals surface area (Å²) in [6, 6.07) is 4.97. The molecular weight excluding hydrogens is 249 g/mol. The minimum absolute atomic E-state index is 0.181. The highest BCUT2D eigenvalue weighted by Gasteiger charge is 2.21. The summed E-state index contributed by atoms with van der Waals surface area (Å²) in [6.45, 7) is 2.13. The number of rotatable bonds is 1. The first-order valence-corrected chi connectivity index (χ1v) is 5.34. The topological polar surface area (TPSA) is 21.3 Å². The molecule has 0 aromatic heterocycles. The van der Waals surface area contributed by atoms with Crippen LogP contribution < -0.4 is 5.32 Å².